The molecule has 0 radical (unpaired) electrons. The van der Waals surface area contributed by atoms with Crippen LogP contribution in [0.3, 0.4) is 0 Å². The molecule has 4 N–H and O–H groups in total. The van der Waals surface area contributed by atoms with Crippen molar-refractivity contribution in [2.45, 2.75) is 13.8 Å². The Hall–Kier alpha value is -3.66. The molecular weight excluding hydrogens is 434 g/mol. The van der Waals surface area contributed by atoms with Crippen LogP contribution in [-0.4, -0.2) is 15.2 Å². The first kappa shape index (κ1) is 20.1. The Morgan fingerprint density at radius 1 is 0.897 bits per heavy atom. The summed E-state index contributed by atoms with van der Waals surface area (Å²) in [5.41, 5.74) is 6.42. The molecular formula is C20H16BrN7O. The topological polar surface area (TPSA) is 130 Å². The number of aryl methyl sites for hydroxylation is 2. The maximum absolute atomic E-state index is 9.45. The van der Waals surface area contributed by atoms with Gasteiger partial charge in [-0.1, -0.05) is 0 Å². The summed E-state index contributed by atoms with van der Waals surface area (Å²) in [6, 6.07) is 14.6. The van der Waals surface area contributed by atoms with Gasteiger partial charge in [-0.3, -0.25) is 10.7 Å². The van der Waals surface area contributed by atoms with Crippen LogP contribution in [0.5, 0.6) is 0 Å². The number of nitrogens with zero attached hydrogens (tertiary/aromatic N) is 4. The van der Waals surface area contributed by atoms with Crippen molar-refractivity contribution in [1.29, 1.82) is 10.5 Å². The molecule has 0 fully saturated rings. The first-order valence-corrected chi connectivity index (χ1v) is 9.27. The van der Waals surface area contributed by atoms with E-state index in [2.05, 4.69) is 48.7 Å². The largest absolute Gasteiger partial charge is 0.339 e. The monoisotopic (exact) mass is 449 g/mol. The molecule has 3 rings (SSSR count). The minimum absolute atomic E-state index is 0.169. The third kappa shape index (κ3) is 4.43. The molecule has 0 saturated heterocycles. The van der Waals surface area contributed by atoms with Gasteiger partial charge in [0.25, 0.3) is 0 Å². The van der Waals surface area contributed by atoms with Crippen molar-refractivity contribution in [2.75, 3.05) is 16.1 Å². The Balaban J connectivity index is 1.98. The zero-order valence-corrected chi connectivity index (χ0v) is 17.2. The molecule has 3 aromatic rings. The van der Waals surface area contributed by atoms with E-state index in [1.807, 2.05) is 19.3 Å². The number of hydrogen-bond donors (Lipinski definition) is 4. The fourth-order valence-corrected chi connectivity index (χ4v) is 3.13. The fraction of sp³-hybridized carbons (Fsp3) is 0.100. The number of hydrogen-bond acceptors (Lipinski definition) is 8. The number of nitriles is 2. The molecule has 0 amide bonds. The molecule has 1 aromatic heterocycles. The second-order valence-corrected chi connectivity index (χ2v) is 7.00. The first-order valence-electron chi connectivity index (χ1n) is 8.48. The highest BCUT2D eigenvalue weighted by Gasteiger charge is 2.15. The number of rotatable bonds is 5. The van der Waals surface area contributed by atoms with Gasteiger partial charge < -0.3 is 10.6 Å². The number of anilines is 5. The van der Waals surface area contributed by atoms with Crippen molar-refractivity contribution in [3.05, 3.63) is 63.1 Å². The van der Waals surface area contributed by atoms with Crippen molar-refractivity contribution in [1.82, 2.24) is 9.97 Å². The smallest absolute Gasteiger partial charge is 0.231 e. The van der Waals surface area contributed by atoms with E-state index >= 15 is 0 Å². The van der Waals surface area contributed by atoms with E-state index in [4.69, 9.17) is 10.5 Å². The van der Waals surface area contributed by atoms with E-state index in [9.17, 15) is 5.21 Å². The summed E-state index contributed by atoms with van der Waals surface area (Å²) in [5, 5.41) is 33.8. The Labute approximate surface area is 175 Å². The lowest BCUT2D eigenvalue weighted by atomic mass is 10.0. The van der Waals surface area contributed by atoms with Gasteiger partial charge >= 0.3 is 0 Å². The van der Waals surface area contributed by atoms with Crippen LogP contribution >= 0.6 is 15.9 Å². The standard InChI is InChI=1S/C20H16BrN7O/c1-11-7-14(10-23)8-12(2)17(11)25-18-16(21)19(28-29)27-20(26-18)24-15-5-3-13(9-22)4-6-15/h3-8,29H,1-2H3,(H3,24,25,26,27,28). The lowest BCUT2D eigenvalue weighted by Crippen LogP contribution is -2.07. The Morgan fingerprint density at radius 2 is 1.48 bits per heavy atom. The Morgan fingerprint density at radius 3 is 2.03 bits per heavy atom. The van der Waals surface area contributed by atoms with Crippen LogP contribution in [0.2, 0.25) is 0 Å². The summed E-state index contributed by atoms with van der Waals surface area (Å²) >= 11 is 3.39. The summed E-state index contributed by atoms with van der Waals surface area (Å²) in [5.74, 6) is 0.826. The van der Waals surface area contributed by atoms with Crippen LogP contribution in [0.4, 0.5) is 29.0 Å². The number of benzene rings is 2. The summed E-state index contributed by atoms with van der Waals surface area (Å²) in [6.45, 7) is 3.79. The number of aromatic nitrogens is 2. The Kier molecular flexibility index (Phi) is 5.93. The van der Waals surface area contributed by atoms with Gasteiger partial charge in [-0.25, -0.2) is 0 Å². The minimum atomic E-state index is 0.169. The van der Waals surface area contributed by atoms with Crippen LogP contribution in [0, 0.1) is 36.5 Å². The molecule has 144 valence electrons. The van der Waals surface area contributed by atoms with E-state index in [1.54, 1.807) is 36.4 Å². The molecule has 0 spiro atoms. The molecule has 0 unspecified atom stereocenters. The summed E-state index contributed by atoms with van der Waals surface area (Å²) in [4.78, 5) is 8.70. The molecule has 2 aromatic carbocycles. The number of nitrogens with one attached hydrogen (secondary N) is 3. The lowest BCUT2D eigenvalue weighted by Gasteiger charge is -2.16. The van der Waals surface area contributed by atoms with Crippen LogP contribution in [-0.2, 0) is 0 Å². The third-order valence-corrected chi connectivity index (χ3v) is 4.88. The number of halogens is 1. The highest BCUT2D eigenvalue weighted by atomic mass is 79.9. The molecule has 9 heteroatoms. The zero-order valence-electron chi connectivity index (χ0n) is 15.6. The summed E-state index contributed by atoms with van der Waals surface area (Å²) in [7, 11) is 0. The van der Waals surface area contributed by atoms with Crippen molar-refractivity contribution in [3.8, 4) is 12.1 Å². The van der Waals surface area contributed by atoms with Crippen molar-refractivity contribution < 1.29 is 5.21 Å². The van der Waals surface area contributed by atoms with Gasteiger partial charge in [-0.2, -0.15) is 20.5 Å². The molecule has 0 bridgehead atoms. The normalized spacial score (nSPS) is 10.0. The van der Waals surface area contributed by atoms with Gasteiger partial charge in [0.15, 0.2) is 11.6 Å². The van der Waals surface area contributed by atoms with Crippen molar-refractivity contribution in [2.24, 2.45) is 0 Å². The maximum Gasteiger partial charge on any atom is 0.231 e. The van der Waals surface area contributed by atoms with Crippen LogP contribution in [0.1, 0.15) is 22.3 Å². The van der Waals surface area contributed by atoms with Crippen molar-refractivity contribution in [3.63, 3.8) is 0 Å². The van der Waals surface area contributed by atoms with Gasteiger partial charge in [-0.15, -0.1) is 0 Å². The van der Waals surface area contributed by atoms with Crippen molar-refractivity contribution >= 4 is 44.9 Å². The predicted octanol–water partition coefficient (Wildman–Crippen LogP) is 4.89. The average Bonchev–Trinajstić information content (AvgIpc) is 2.72. The third-order valence-electron chi connectivity index (χ3n) is 4.13. The van der Waals surface area contributed by atoms with Crippen LogP contribution < -0.4 is 16.1 Å². The molecule has 1 heterocycles. The van der Waals surface area contributed by atoms with Crippen LogP contribution in [0.15, 0.2) is 40.9 Å². The minimum Gasteiger partial charge on any atom is -0.339 e. The van der Waals surface area contributed by atoms with E-state index < -0.39 is 0 Å². The average molecular weight is 450 g/mol. The maximum atomic E-state index is 9.45. The molecule has 8 nitrogen and oxygen atoms in total. The van der Waals surface area contributed by atoms with Gasteiger partial charge in [0, 0.05) is 11.4 Å². The molecule has 0 atom stereocenters. The van der Waals surface area contributed by atoms with E-state index in [0.29, 0.717) is 27.1 Å². The van der Waals surface area contributed by atoms with Gasteiger partial charge in [-0.05, 0) is 77.3 Å². The van der Waals surface area contributed by atoms with Gasteiger partial charge in [0.2, 0.25) is 5.95 Å². The van der Waals surface area contributed by atoms with Crippen LogP contribution in [0.25, 0.3) is 0 Å². The summed E-state index contributed by atoms with van der Waals surface area (Å²) in [6.07, 6.45) is 0. The van der Waals surface area contributed by atoms with Gasteiger partial charge in [0.05, 0.1) is 23.3 Å². The second kappa shape index (κ2) is 8.57. The predicted molar refractivity (Wildman–Crippen MR) is 113 cm³/mol. The van der Waals surface area contributed by atoms with E-state index in [1.165, 1.54) is 0 Å². The van der Waals surface area contributed by atoms with E-state index in [-0.39, 0.29) is 11.8 Å². The molecule has 0 aliphatic rings. The second-order valence-electron chi connectivity index (χ2n) is 6.21. The molecule has 0 saturated carbocycles. The first-order chi connectivity index (χ1) is 13.9. The Bertz CT molecular complexity index is 1120. The molecule has 29 heavy (non-hydrogen) atoms. The highest BCUT2D eigenvalue weighted by molar-refractivity contribution is 9.10. The lowest BCUT2D eigenvalue weighted by molar-refractivity contribution is 0.385. The van der Waals surface area contributed by atoms with Gasteiger partial charge in [0.1, 0.15) is 4.47 Å². The fourth-order valence-electron chi connectivity index (χ4n) is 2.76. The molecule has 0 aliphatic carbocycles. The highest BCUT2D eigenvalue weighted by Crippen LogP contribution is 2.34. The zero-order chi connectivity index (χ0) is 21.0. The SMILES string of the molecule is Cc1cc(C#N)cc(C)c1Nc1nc(Nc2ccc(C#N)cc2)nc(NO)c1Br. The quantitative estimate of drug-likeness (QED) is 0.405. The summed E-state index contributed by atoms with van der Waals surface area (Å²) < 4.78 is 0.438. The van der Waals surface area contributed by atoms with E-state index in [0.717, 1.165) is 16.8 Å². The molecule has 0 aliphatic heterocycles.